The van der Waals surface area contributed by atoms with Gasteiger partial charge in [0, 0.05) is 5.56 Å². The van der Waals surface area contributed by atoms with E-state index < -0.39 is 0 Å². The molecule has 0 aliphatic heterocycles. The summed E-state index contributed by atoms with van der Waals surface area (Å²) >= 11 is 0. The minimum absolute atomic E-state index is 0.133. The topological polar surface area (TPSA) is 38.0 Å². The summed E-state index contributed by atoms with van der Waals surface area (Å²) in [6, 6.07) is 8.10. The minimum atomic E-state index is 0.133. The van der Waals surface area contributed by atoms with Crippen molar-refractivity contribution in [3.63, 3.8) is 0 Å². The molecule has 2 rings (SSSR count). The highest BCUT2D eigenvalue weighted by Gasteiger charge is 2.16. The van der Waals surface area contributed by atoms with Crippen LogP contribution in [0.25, 0.3) is 5.69 Å². The van der Waals surface area contributed by atoms with Gasteiger partial charge in [-0.15, -0.1) is 5.10 Å². The smallest absolute Gasteiger partial charge is 0.233 e. The zero-order chi connectivity index (χ0) is 13.3. The Hall–Kier alpha value is -1.77. The average Bonchev–Trinajstić information content (AvgIpc) is 2.57. The van der Waals surface area contributed by atoms with E-state index in [4.69, 9.17) is 0 Å². The first-order valence-corrected chi connectivity index (χ1v) is 6.34. The van der Waals surface area contributed by atoms with E-state index in [9.17, 15) is 5.11 Å². The Kier molecular flexibility index (Phi) is 3.41. The van der Waals surface area contributed by atoms with Gasteiger partial charge >= 0.3 is 0 Å². The van der Waals surface area contributed by atoms with Crippen LogP contribution in [0.1, 0.15) is 30.7 Å². The first-order chi connectivity index (χ1) is 8.50. The Morgan fingerprint density at radius 1 is 1.22 bits per heavy atom. The van der Waals surface area contributed by atoms with Gasteiger partial charge in [0.1, 0.15) is 0 Å². The van der Waals surface area contributed by atoms with Crippen LogP contribution in [0.5, 0.6) is 5.88 Å². The highest BCUT2D eigenvalue weighted by atomic mass is 16.3. The number of hydrogen-bond acceptors (Lipinski definition) is 2. The van der Waals surface area contributed by atoms with E-state index in [2.05, 4.69) is 31.9 Å². The molecule has 0 saturated heterocycles. The fourth-order valence-corrected chi connectivity index (χ4v) is 2.14. The van der Waals surface area contributed by atoms with Crippen LogP contribution >= 0.6 is 0 Å². The van der Waals surface area contributed by atoms with Crippen LogP contribution in [-0.4, -0.2) is 14.9 Å². The van der Waals surface area contributed by atoms with Gasteiger partial charge in [-0.2, -0.15) is 0 Å². The van der Waals surface area contributed by atoms with Gasteiger partial charge in [0.25, 0.3) is 0 Å². The predicted molar refractivity (Wildman–Crippen MR) is 73.2 cm³/mol. The van der Waals surface area contributed by atoms with Crippen molar-refractivity contribution in [3.8, 4) is 11.6 Å². The van der Waals surface area contributed by atoms with E-state index in [1.54, 1.807) is 0 Å². The van der Waals surface area contributed by atoms with Gasteiger partial charge in [-0.1, -0.05) is 32.0 Å². The normalized spacial score (nSPS) is 11.2. The lowest BCUT2D eigenvalue weighted by Crippen LogP contribution is -2.07. The van der Waals surface area contributed by atoms with Gasteiger partial charge in [-0.05, 0) is 37.8 Å². The van der Waals surface area contributed by atoms with E-state index >= 15 is 0 Å². The first-order valence-electron chi connectivity index (χ1n) is 6.34. The molecule has 0 unspecified atom stereocenters. The standard InChI is InChI=1S/C15H20N2O/c1-10(2)9-14-12(4)15(18)16-17(14)13-8-6-5-7-11(13)3/h5-8,10H,9H2,1-4H3,(H,16,18). The van der Waals surface area contributed by atoms with Crippen molar-refractivity contribution in [1.82, 2.24) is 9.78 Å². The van der Waals surface area contributed by atoms with Crippen LogP contribution in [0.3, 0.4) is 0 Å². The molecule has 0 fully saturated rings. The molecule has 0 spiro atoms. The molecule has 0 saturated carbocycles. The molecule has 2 aromatic rings. The van der Waals surface area contributed by atoms with Crippen LogP contribution < -0.4 is 0 Å². The second kappa shape index (κ2) is 4.84. The molecule has 1 aromatic heterocycles. The number of aryl methyl sites for hydroxylation is 1. The van der Waals surface area contributed by atoms with Crippen LogP contribution in [-0.2, 0) is 6.42 Å². The van der Waals surface area contributed by atoms with Crippen LogP contribution in [0, 0.1) is 19.8 Å². The highest BCUT2D eigenvalue weighted by Crippen LogP contribution is 2.26. The molecule has 3 nitrogen and oxygen atoms in total. The third-order valence-electron chi connectivity index (χ3n) is 3.16. The number of aromatic nitrogens is 2. The minimum Gasteiger partial charge on any atom is -0.492 e. The lowest BCUT2D eigenvalue weighted by molar-refractivity contribution is 0.444. The molecule has 0 atom stereocenters. The quantitative estimate of drug-likeness (QED) is 0.898. The number of benzene rings is 1. The second-order valence-corrected chi connectivity index (χ2v) is 5.19. The fourth-order valence-electron chi connectivity index (χ4n) is 2.14. The number of nitrogens with zero attached hydrogens (tertiary/aromatic N) is 2. The van der Waals surface area contributed by atoms with Crippen LogP contribution in [0.2, 0.25) is 0 Å². The molecule has 0 amide bonds. The molecule has 96 valence electrons. The Labute approximate surface area is 108 Å². The van der Waals surface area contributed by atoms with Crippen LogP contribution in [0.15, 0.2) is 24.3 Å². The molecule has 3 heteroatoms. The Morgan fingerprint density at radius 2 is 1.89 bits per heavy atom. The van der Waals surface area contributed by atoms with E-state index in [0.29, 0.717) is 5.92 Å². The zero-order valence-electron chi connectivity index (χ0n) is 11.4. The summed E-state index contributed by atoms with van der Waals surface area (Å²) in [5, 5.41) is 14.1. The molecule has 0 radical (unpaired) electrons. The van der Waals surface area contributed by atoms with E-state index in [1.807, 2.05) is 29.8 Å². The summed E-state index contributed by atoms with van der Waals surface area (Å²) in [6.45, 7) is 8.33. The van der Waals surface area contributed by atoms with Gasteiger partial charge in [-0.3, -0.25) is 0 Å². The summed E-state index contributed by atoms with van der Waals surface area (Å²) in [5.41, 5.74) is 4.17. The molecule has 0 bridgehead atoms. The van der Waals surface area contributed by atoms with Crippen molar-refractivity contribution in [2.24, 2.45) is 5.92 Å². The van der Waals surface area contributed by atoms with Crippen molar-refractivity contribution >= 4 is 0 Å². The Bertz CT molecular complexity index is 556. The maximum Gasteiger partial charge on any atom is 0.233 e. The molecular weight excluding hydrogens is 224 g/mol. The van der Waals surface area contributed by atoms with Crippen molar-refractivity contribution < 1.29 is 5.11 Å². The third kappa shape index (κ3) is 2.26. The van der Waals surface area contributed by atoms with Gasteiger partial charge in [0.05, 0.1) is 11.4 Å². The lowest BCUT2D eigenvalue weighted by atomic mass is 10.0. The molecule has 0 aliphatic rings. The lowest BCUT2D eigenvalue weighted by Gasteiger charge is -2.12. The molecule has 0 aliphatic carbocycles. The molecule has 1 heterocycles. The maximum absolute atomic E-state index is 9.85. The highest BCUT2D eigenvalue weighted by molar-refractivity contribution is 5.44. The van der Waals surface area contributed by atoms with Crippen LogP contribution in [0.4, 0.5) is 0 Å². The van der Waals surface area contributed by atoms with Crippen molar-refractivity contribution in [1.29, 1.82) is 0 Å². The van der Waals surface area contributed by atoms with Crippen molar-refractivity contribution in [2.75, 3.05) is 0 Å². The Balaban J connectivity index is 2.57. The zero-order valence-corrected chi connectivity index (χ0v) is 11.4. The van der Waals surface area contributed by atoms with E-state index in [1.165, 1.54) is 0 Å². The summed E-state index contributed by atoms with van der Waals surface area (Å²) in [5.74, 6) is 0.663. The van der Waals surface area contributed by atoms with Gasteiger partial charge < -0.3 is 5.11 Å². The molecule has 18 heavy (non-hydrogen) atoms. The molecule has 1 N–H and O–H groups in total. The van der Waals surface area contributed by atoms with E-state index in [-0.39, 0.29) is 5.88 Å². The summed E-state index contributed by atoms with van der Waals surface area (Å²) in [6.07, 6.45) is 0.910. The van der Waals surface area contributed by atoms with Gasteiger partial charge in [0.2, 0.25) is 5.88 Å². The van der Waals surface area contributed by atoms with Gasteiger partial charge in [0.15, 0.2) is 0 Å². The largest absolute Gasteiger partial charge is 0.492 e. The second-order valence-electron chi connectivity index (χ2n) is 5.19. The van der Waals surface area contributed by atoms with E-state index in [0.717, 1.165) is 28.9 Å². The fraction of sp³-hybridized carbons (Fsp3) is 0.400. The number of aromatic hydroxyl groups is 1. The average molecular weight is 244 g/mol. The summed E-state index contributed by atoms with van der Waals surface area (Å²) in [4.78, 5) is 0. The molecular formula is C15H20N2O. The van der Waals surface area contributed by atoms with Crippen molar-refractivity contribution in [2.45, 2.75) is 34.1 Å². The van der Waals surface area contributed by atoms with Gasteiger partial charge in [-0.25, -0.2) is 4.68 Å². The third-order valence-corrected chi connectivity index (χ3v) is 3.16. The summed E-state index contributed by atoms with van der Waals surface area (Å²) in [7, 11) is 0. The first kappa shape index (κ1) is 12.7. The maximum atomic E-state index is 9.85. The molecule has 1 aromatic carbocycles. The Morgan fingerprint density at radius 3 is 2.50 bits per heavy atom. The number of para-hydroxylation sites is 1. The predicted octanol–water partition coefficient (Wildman–Crippen LogP) is 3.39. The summed E-state index contributed by atoms with van der Waals surface area (Å²) < 4.78 is 1.88. The van der Waals surface area contributed by atoms with Crippen molar-refractivity contribution in [3.05, 3.63) is 41.1 Å². The number of rotatable bonds is 3. The monoisotopic (exact) mass is 244 g/mol. The SMILES string of the molecule is Cc1ccccc1-n1nc(O)c(C)c1CC(C)C. The number of hydrogen-bond donors (Lipinski definition) is 1.